The lowest BCUT2D eigenvalue weighted by Gasteiger charge is -2.30. The second-order valence-electron chi connectivity index (χ2n) is 5.35. The number of methoxy groups -OCH3 is 1. The first-order valence-corrected chi connectivity index (χ1v) is 5.84. The van der Waals surface area contributed by atoms with Gasteiger partial charge in [0.15, 0.2) is 0 Å². The van der Waals surface area contributed by atoms with Crippen molar-refractivity contribution in [2.45, 2.75) is 46.3 Å². The molecular formula is C12H21NO6. The maximum absolute atomic E-state index is 11.9. The molecule has 1 N–H and O–H groups in total. The van der Waals surface area contributed by atoms with Crippen LogP contribution >= 0.6 is 0 Å². The molecule has 0 fully saturated rings. The van der Waals surface area contributed by atoms with E-state index in [0.717, 1.165) is 7.11 Å². The Kier molecular flexibility index (Phi) is 5.80. The molecule has 0 rings (SSSR count). The van der Waals surface area contributed by atoms with E-state index in [4.69, 9.17) is 9.84 Å². The van der Waals surface area contributed by atoms with E-state index < -0.39 is 35.7 Å². The van der Waals surface area contributed by atoms with Crippen molar-refractivity contribution in [3.8, 4) is 0 Å². The predicted octanol–water partition coefficient (Wildman–Crippen LogP) is 2.10. The fourth-order valence-electron chi connectivity index (χ4n) is 1.40. The van der Waals surface area contributed by atoms with E-state index in [2.05, 4.69) is 4.74 Å². The molecule has 0 aliphatic rings. The van der Waals surface area contributed by atoms with Crippen molar-refractivity contribution in [1.82, 2.24) is 4.90 Å². The third-order valence-corrected chi connectivity index (χ3v) is 2.12. The van der Waals surface area contributed by atoms with Gasteiger partial charge in [-0.05, 0) is 26.7 Å². The highest BCUT2D eigenvalue weighted by atomic mass is 16.6. The zero-order chi connectivity index (χ0) is 15.4. The van der Waals surface area contributed by atoms with E-state index in [1.807, 2.05) is 0 Å². The monoisotopic (exact) mass is 275 g/mol. The summed E-state index contributed by atoms with van der Waals surface area (Å²) in [7, 11) is 1.07. The summed E-state index contributed by atoms with van der Waals surface area (Å²) >= 11 is 0. The zero-order valence-electron chi connectivity index (χ0n) is 12.1. The Morgan fingerprint density at radius 3 is 1.84 bits per heavy atom. The van der Waals surface area contributed by atoms with Crippen molar-refractivity contribution >= 4 is 18.2 Å². The van der Waals surface area contributed by atoms with E-state index in [1.165, 1.54) is 0 Å². The molecular weight excluding hydrogens is 254 g/mol. The van der Waals surface area contributed by atoms with Gasteiger partial charge in [-0.25, -0.2) is 14.4 Å². The second-order valence-corrected chi connectivity index (χ2v) is 5.35. The van der Waals surface area contributed by atoms with Gasteiger partial charge in [-0.2, -0.15) is 4.90 Å². The molecule has 0 bridgehead atoms. The minimum atomic E-state index is -1.35. The first kappa shape index (κ1) is 17.2. The number of aliphatic carboxylic acids is 1. The number of ether oxygens (including phenoxy) is 2. The molecule has 110 valence electrons. The van der Waals surface area contributed by atoms with Crippen LogP contribution in [0.15, 0.2) is 0 Å². The molecule has 7 nitrogen and oxygen atoms in total. The van der Waals surface area contributed by atoms with Crippen LogP contribution in [0.4, 0.5) is 9.59 Å². The first-order valence-electron chi connectivity index (χ1n) is 5.84. The second kappa shape index (κ2) is 6.40. The number of carbonyl (C=O) groups is 3. The van der Waals surface area contributed by atoms with Crippen molar-refractivity contribution in [2.24, 2.45) is 5.92 Å². The lowest BCUT2D eigenvalue weighted by Crippen LogP contribution is -2.52. The number of carboxylic acid groups (broad SMARTS) is 1. The largest absolute Gasteiger partial charge is 0.480 e. The number of nitrogens with zero attached hydrogens (tertiary/aromatic N) is 1. The van der Waals surface area contributed by atoms with Crippen molar-refractivity contribution in [2.75, 3.05) is 7.11 Å². The van der Waals surface area contributed by atoms with E-state index >= 15 is 0 Å². The highest BCUT2D eigenvalue weighted by molar-refractivity contribution is 5.93. The lowest BCUT2D eigenvalue weighted by atomic mass is 10.0. The Morgan fingerprint density at radius 2 is 1.58 bits per heavy atom. The van der Waals surface area contributed by atoms with Crippen LogP contribution in [-0.2, 0) is 14.3 Å². The summed E-state index contributed by atoms with van der Waals surface area (Å²) in [5, 5.41) is 9.15. The van der Waals surface area contributed by atoms with Gasteiger partial charge in [0.25, 0.3) is 0 Å². The number of imide groups is 1. The SMILES string of the molecule is COC(=O)N(C(=O)OC(C)(C)C)C(C(=O)O)C(C)C. The van der Waals surface area contributed by atoms with E-state index in [-0.39, 0.29) is 0 Å². The summed E-state index contributed by atoms with van der Waals surface area (Å²) in [4.78, 5) is 35.3. The lowest BCUT2D eigenvalue weighted by molar-refractivity contribution is -0.144. The highest BCUT2D eigenvalue weighted by Gasteiger charge is 2.40. The minimum absolute atomic E-state index is 0.482. The summed E-state index contributed by atoms with van der Waals surface area (Å²) in [5.74, 6) is -1.78. The first-order chi connectivity index (χ1) is 8.51. The average Bonchev–Trinajstić information content (AvgIpc) is 2.20. The van der Waals surface area contributed by atoms with Gasteiger partial charge in [-0.1, -0.05) is 13.8 Å². The van der Waals surface area contributed by atoms with Crippen LogP contribution in [0, 0.1) is 5.92 Å². The molecule has 1 unspecified atom stereocenters. The van der Waals surface area contributed by atoms with E-state index in [9.17, 15) is 14.4 Å². The van der Waals surface area contributed by atoms with Crippen molar-refractivity contribution in [1.29, 1.82) is 0 Å². The normalized spacial score (nSPS) is 12.8. The molecule has 0 saturated heterocycles. The van der Waals surface area contributed by atoms with Gasteiger partial charge < -0.3 is 14.6 Å². The summed E-state index contributed by atoms with van der Waals surface area (Å²) < 4.78 is 9.48. The molecule has 0 aromatic carbocycles. The molecule has 0 aromatic heterocycles. The van der Waals surface area contributed by atoms with Crippen molar-refractivity contribution in [3.05, 3.63) is 0 Å². The number of amides is 2. The highest BCUT2D eigenvalue weighted by Crippen LogP contribution is 2.17. The van der Waals surface area contributed by atoms with Crippen LogP contribution < -0.4 is 0 Å². The summed E-state index contributed by atoms with van der Waals surface area (Å²) in [6, 6.07) is -1.35. The molecule has 0 aromatic rings. The van der Waals surface area contributed by atoms with Crippen LogP contribution in [0.2, 0.25) is 0 Å². The topological polar surface area (TPSA) is 93.1 Å². The Labute approximate surface area is 112 Å². The van der Waals surface area contributed by atoms with Gasteiger partial charge in [0.2, 0.25) is 0 Å². The number of carbonyl (C=O) groups excluding carboxylic acids is 2. The van der Waals surface area contributed by atoms with Crippen LogP contribution in [-0.4, -0.2) is 46.9 Å². The van der Waals surface area contributed by atoms with Gasteiger partial charge in [-0.15, -0.1) is 0 Å². The van der Waals surface area contributed by atoms with Crippen LogP contribution in [0.5, 0.6) is 0 Å². The van der Waals surface area contributed by atoms with E-state index in [1.54, 1.807) is 34.6 Å². The number of hydrogen-bond acceptors (Lipinski definition) is 5. The van der Waals surface area contributed by atoms with Gasteiger partial charge in [0, 0.05) is 0 Å². The molecule has 0 heterocycles. The van der Waals surface area contributed by atoms with Crippen LogP contribution in [0.3, 0.4) is 0 Å². The standard InChI is InChI=1S/C12H21NO6/c1-7(2)8(9(14)15)13(10(16)18-6)11(17)19-12(3,4)5/h7-8H,1-6H3,(H,14,15). The quantitative estimate of drug-likeness (QED) is 0.847. The van der Waals surface area contributed by atoms with Gasteiger partial charge in [0.1, 0.15) is 11.6 Å². The molecule has 7 heteroatoms. The maximum atomic E-state index is 11.9. The van der Waals surface area contributed by atoms with Crippen molar-refractivity contribution in [3.63, 3.8) is 0 Å². The van der Waals surface area contributed by atoms with Crippen LogP contribution in [0.25, 0.3) is 0 Å². The van der Waals surface area contributed by atoms with Gasteiger partial charge >= 0.3 is 18.2 Å². The molecule has 0 radical (unpaired) electrons. The molecule has 0 spiro atoms. The number of hydrogen-bond donors (Lipinski definition) is 1. The Morgan fingerprint density at radius 1 is 1.11 bits per heavy atom. The fraction of sp³-hybridized carbons (Fsp3) is 0.750. The molecule has 0 saturated carbocycles. The van der Waals surface area contributed by atoms with Crippen LogP contribution in [0.1, 0.15) is 34.6 Å². The maximum Gasteiger partial charge on any atom is 0.420 e. The predicted molar refractivity (Wildman–Crippen MR) is 66.7 cm³/mol. The Bertz CT molecular complexity index is 358. The summed E-state index contributed by atoms with van der Waals surface area (Å²) in [6.45, 7) is 8.01. The summed E-state index contributed by atoms with van der Waals surface area (Å²) in [5.41, 5.74) is -0.844. The molecule has 19 heavy (non-hydrogen) atoms. The van der Waals surface area contributed by atoms with Crippen molar-refractivity contribution < 1.29 is 29.0 Å². The van der Waals surface area contributed by atoms with E-state index in [0.29, 0.717) is 4.90 Å². The number of carboxylic acids is 1. The third kappa shape index (κ3) is 5.15. The zero-order valence-corrected chi connectivity index (χ0v) is 12.1. The molecule has 2 amide bonds. The summed E-state index contributed by atoms with van der Waals surface area (Å²) in [6.07, 6.45) is -2.10. The average molecular weight is 275 g/mol. The number of rotatable bonds is 3. The Hall–Kier alpha value is -1.79. The smallest absolute Gasteiger partial charge is 0.420 e. The molecule has 0 aliphatic carbocycles. The fourth-order valence-corrected chi connectivity index (χ4v) is 1.40. The van der Waals surface area contributed by atoms with Gasteiger partial charge in [0.05, 0.1) is 7.11 Å². The minimum Gasteiger partial charge on any atom is -0.480 e. The Balaban J connectivity index is 5.37. The van der Waals surface area contributed by atoms with Gasteiger partial charge in [-0.3, -0.25) is 0 Å². The molecule has 1 atom stereocenters. The third-order valence-electron chi connectivity index (χ3n) is 2.12. The molecule has 0 aliphatic heterocycles.